The number of hydrogen-bond donors (Lipinski definition) is 1. The molecule has 2 fully saturated rings. The first-order chi connectivity index (χ1) is 19.1. The Morgan fingerprint density at radius 2 is 1.73 bits per heavy atom. The number of nitrogens with zero attached hydrogens (tertiary/aromatic N) is 1. The van der Waals surface area contributed by atoms with Crippen LogP contribution in [0.15, 0.2) is 58.4 Å². The van der Waals surface area contributed by atoms with E-state index in [0.717, 1.165) is 9.90 Å². The van der Waals surface area contributed by atoms with E-state index >= 15 is 0 Å². The number of amides is 1. The maximum atomic E-state index is 13.4. The zero-order chi connectivity index (χ0) is 28.2. The van der Waals surface area contributed by atoms with Gasteiger partial charge in [-0.1, -0.05) is 56.4 Å². The smallest absolute Gasteiger partial charge is 0.338 e. The van der Waals surface area contributed by atoms with E-state index in [1.54, 1.807) is 35.8 Å². The fraction of sp³-hybridized carbons (Fsp3) is 0.469. The maximum absolute atomic E-state index is 13.4. The molecule has 2 saturated carbocycles. The molecule has 0 saturated heterocycles. The van der Waals surface area contributed by atoms with E-state index in [0.29, 0.717) is 40.9 Å². The number of aromatic nitrogens is 1. The summed E-state index contributed by atoms with van der Waals surface area (Å²) >= 11 is 3.16. The molecule has 5 atom stereocenters. The Morgan fingerprint density at radius 1 is 1.02 bits per heavy atom. The number of carbonyl (C=O) groups is 2. The van der Waals surface area contributed by atoms with Crippen LogP contribution >= 0.6 is 23.1 Å². The summed E-state index contributed by atoms with van der Waals surface area (Å²) in [6.45, 7) is 8.73. The Morgan fingerprint density at radius 3 is 2.40 bits per heavy atom. The average Bonchev–Trinajstić information content (AvgIpc) is 3.62. The van der Waals surface area contributed by atoms with E-state index in [-0.39, 0.29) is 28.7 Å². The molecule has 2 bridgehead atoms. The van der Waals surface area contributed by atoms with Gasteiger partial charge >= 0.3 is 10.8 Å². The summed E-state index contributed by atoms with van der Waals surface area (Å²) in [5, 5.41) is 4.35. The van der Waals surface area contributed by atoms with Crippen LogP contribution in [0.2, 0.25) is 0 Å². The first kappa shape index (κ1) is 27.3. The van der Waals surface area contributed by atoms with E-state index in [1.807, 2.05) is 11.8 Å². The van der Waals surface area contributed by atoms with Gasteiger partial charge in [-0.3, -0.25) is 14.2 Å². The van der Waals surface area contributed by atoms with Crippen molar-refractivity contribution in [2.45, 2.75) is 75.1 Å². The maximum Gasteiger partial charge on any atom is 0.338 e. The number of rotatable bonds is 6. The summed E-state index contributed by atoms with van der Waals surface area (Å²) in [4.78, 5) is 39.5. The van der Waals surface area contributed by atoms with E-state index in [9.17, 15) is 14.4 Å². The molecule has 3 aromatic rings. The molecule has 0 radical (unpaired) electrons. The zero-order valence-corrected chi connectivity index (χ0v) is 25.1. The van der Waals surface area contributed by atoms with E-state index in [1.165, 1.54) is 41.7 Å². The Balaban J connectivity index is 1.28. The number of esters is 1. The van der Waals surface area contributed by atoms with Crippen LogP contribution in [-0.2, 0) is 21.5 Å². The Bertz CT molecular complexity index is 1480. The topological polar surface area (TPSA) is 77.4 Å². The van der Waals surface area contributed by atoms with Crippen molar-refractivity contribution in [3.63, 3.8) is 0 Å². The SMILES string of the molecule is CCOC(=O)c1ccc(NC(=O)Cn2c3c(sc2=O)[C@@H](c2ccc(C(C)(C)C)cc2)C2C4CCC(C4)C2S3)cc1. The molecule has 4 unspecified atom stereocenters. The quantitative estimate of drug-likeness (QED) is 0.332. The largest absolute Gasteiger partial charge is 0.462 e. The van der Waals surface area contributed by atoms with Gasteiger partial charge in [-0.05, 0) is 84.7 Å². The molecule has 2 aromatic carbocycles. The van der Waals surface area contributed by atoms with Gasteiger partial charge in [0.25, 0.3) is 0 Å². The molecular weight excluding hydrogens is 540 g/mol. The lowest BCUT2D eigenvalue weighted by molar-refractivity contribution is -0.116. The number of benzene rings is 2. The van der Waals surface area contributed by atoms with Gasteiger partial charge in [0.1, 0.15) is 6.54 Å². The lowest BCUT2D eigenvalue weighted by Gasteiger charge is -2.40. The average molecular weight is 577 g/mol. The highest BCUT2D eigenvalue weighted by atomic mass is 32.2. The lowest BCUT2D eigenvalue weighted by atomic mass is 9.74. The molecule has 1 aromatic heterocycles. The van der Waals surface area contributed by atoms with Crippen LogP contribution in [0.3, 0.4) is 0 Å². The highest BCUT2D eigenvalue weighted by Gasteiger charge is 2.55. The third-order valence-corrected chi connectivity index (χ3v) is 11.6. The van der Waals surface area contributed by atoms with Crippen molar-refractivity contribution < 1.29 is 14.3 Å². The Hall–Kier alpha value is -2.84. The predicted molar refractivity (Wildman–Crippen MR) is 161 cm³/mol. The highest BCUT2D eigenvalue weighted by Crippen LogP contribution is 2.64. The van der Waals surface area contributed by atoms with Crippen LogP contribution < -0.4 is 10.2 Å². The van der Waals surface area contributed by atoms with Gasteiger partial charge in [-0.15, -0.1) is 11.8 Å². The molecule has 210 valence electrons. The number of thioether (sulfide) groups is 1. The number of carbonyl (C=O) groups excluding carboxylic acids is 2. The summed E-state index contributed by atoms with van der Waals surface area (Å²) in [5.74, 6) is 1.47. The van der Waals surface area contributed by atoms with Crippen LogP contribution in [-0.4, -0.2) is 28.3 Å². The molecule has 3 aliphatic rings. The van der Waals surface area contributed by atoms with Crippen molar-refractivity contribution in [3.05, 3.63) is 79.8 Å². The third-order valence-electron chi connectivity index (χ3n) is 8.81. The molecule has 8 heteroatoms. The van der Waals surface area contributed by atoms with E-state index in [2.05, 4.69) is 50.4 Å². The molecule has 2 aliphatic carbocycles. The fourth-order valence-corrected chi connectivity index (χ4v) is 10.0. The van der Waals surface area contributed by atoms with Crippen molar-refractivity contribution in [1.82, 2.24) is 4.57 Å². The minimum Gasteiger partial charge on any atom is -0.462 e. The summed E-state index contributed by atoms with van der Waals surface area (Å²) in [6.07, 6.45) is 3.83. The van der Waals surface area contributed by atoms with Gasteiger partial charge in [0.05, 0.1) is 17.2 Å². The molecular formula is C32H36N2O4S2. The summed E-state index contributed by atoms with van der Waals surface area (Å²) in [5.41, 5.74) is 3.69. The van der Waals surface area contributed by atoms with Crippen molar-refractivity contribution in [1.29, 1.82) is 0 Å². The first-order valence-electron chi connectivity index (χ1n) is 14.2. The second-order valence-corrected chi connectivity index (χ2v) is 14.5. The monoisotopic (exact) mass is 576 g/mol. The predicted octanol–water partition coefficient (Wildman–Crippen LogP) is 6.68. The number of fused-ring (bicyclic) bond motifs is 6. The van der Waals surface area contributed by atoms with Crippen molar-refractivity contribution in [2.24, 2.45) is 17.8 Å². The standard InChI is InChI=1S/C32H36N2O4S2/c1-5-38-30(36)19-10-14-23(15-11-19)33-24(35)17-34-29-28(40-31(34)37)25(18-8-12-22(13-9-18)32(2,3)4)26-20-6-7-21(16-20)27(26)39-29/h8-15,20-21,25-27H,5-7,16-17H2,1-4H3,(H,33,35)/t20?,21?,25-,26?,27?/m0/s1. The molecule has 6 nitrogen and oxygen atoms in total. The first-order valence-corrected chi connectivity index (χ1v) is 15.9. The lowest BCUT2D eigenvalue weighted by Crippen LogP contribution is -2.35. The highest BCUT2D eigenvalue weighted by molar-refractivity contribution is 8.00. The Kier molecular flexibility index (Phi) is 7.20. The van der Waals surface area contributed by atoms with Gasteiger partial charge in [0, 0.05) is 21.7 Å². The minimum absolute atomic E-state index is 0.0293. The molecule has 1 amide bonds. The second-order valence-electron chi connectivity index (χ2n) is 12.3. The molecule has 0 spiro atoms. The summed E-state index contributed by atoms with van der Waals surface area (Å²) in [7, 11) is 0. The summed E-state index contributed by atoms with van der Waals surface area (Å²) < 4.78 is 6.72. The number of anilines is 1. The number of hydrogen-bond acceptors (Lipinski definition) is 6. The number of nitrogens with one attached hydrogen (secondary N) is 1. The van der Waals surface area contributed by atoms with Crippen LogP contribution in [0.5, 0.6) is 0 Å². The van der Waals surface area contributed by atoms with E-state index in [4.69, 9.17) is 4.74 Å². The normalized spacial score (nSPS) is 24.9. The molecule has 40 heavy (non-hydrogen) atoms. The van der Waals surface area contributed by atoms with Gasteiger partial charge in [0.2, 0.25) is 5.91 Å². The van der Waals surface area contributed by atoms with E-state index < -0.39 is 5.97 Å². The van der Waals surface area contributed by atoms with Gasteiger partial charge in [-0.2, -0.15) is 0 Å². The van der Waals surface area contributed by atoms with Crippen molar-refractivity contribution in [2.75, 3.05) is 11.9 Å². The number of thiazole rings is 1. The van der Waals surface area contributed by atoms with Crippen LogP contribution in [0.25, 0.3) is 0 Å². The molecule has 1 N–H and O–H groups in total. The van der Waals surface area contributed by atoms with Gasteiger partial charge < -0.3 is 10.1 Å². The van der Waals surface area contributed by atoms with Crippen molar-refractivity contribution >= 4 is 40.7 Å². The zero-order valence-electron chi connectivity index (χ0n) is 23.4. The Labute approximate surface area is 243 Å². The van der Waals surface area contributed by atoms with Gasteiger partial charge in [-0.25, -0.2) is 4.79 Å². The molecule has 6 rings (SSSR count). The minimum atomic E-state index is -0.393. The molecule has 2 heterocycles. The molecule has 1 aliphatic heterocycles. The van der Waals surface area contributed by atoms with Crippen LogP contribution in [0.4, 0.5) is 5.69 Å². The fourth-order valence-electron chi connectivity index (χ4n) is 6.90. The summed E-state index contributed by atoms with van der Waals surface area (Å²) in [6, 6.07) is 15.7. The van der Waals surface area contributed by atoms with Crippen LogP contribution in [0, 0.1) is 17.8 Å². The second kappa shape index (κ2) is 10.5. The third kappa shape index (κ3) is 4.94. The number of ether oxygens (including phenoxy) is 1. The van der Waals surface area contributed by atoms with Gasteiger partial charge in [0.15, 0.2) is 0 Å². The van der Waals surface area contributed by atoms with Crippen molar-refractivity contribution in [3.8, 4) is 0 Å². The van der Waals surface area contributed by atoms with Crippen LogP contribution in [0.1, 0.15) is 79.2 Å².